The smallest absolute Gasteiger partial charge is 0.252 e. The molecule has 1 aliphatic heterocycles. The van der Waals surface area contributed by atoms with Crippen LogP contribution in [0.2, 0.25) is 0 Å². The highest BCUT2D eigenvalue weighted by molar-refractivity contribution is 5.83. The van der Waals surface area contributed by atoms with Crippen molar-refractivity contribution in [2.45, 2.75) is 31.4 Å². The van der Waals surface area contributed by atoms with Crippen LogP contribution in [0.15, 0.2) is 24.3 Å². The Morgan fingerprint density at radius 1 is 1.38 bits per heavy atom. The number of fused-ring (bicyclic) bond motifs is 1. The largest absolute Gasteiger partial charge is 0.363 e. The number of nitrogens with one attached hydrogen (secondary N) is 1. The Kier molecular flexibility index (Phi) is 2.40. The van der Waals surface area contributed by atoms with Gasteiger partial charge in [-0.25, -0.2) is 0 Å². The standard InChI is InChI=1S/C13H15NO2/c15-13(12-8-16-12)14-11-7-3-5-9-4-1-2-6-10(9)11/h1-2,4,6,11-12H,3,5,7-8H2,(H,14,15). The molecule has 3 heteroatoms. The van der Waals surface area contributed by atoms with Gasteiger partial charge in [0.15, 0.2) is 6.10 Å². The fourth-order valence-electron chi connectivity index (χ4n) is 2.37. The Bertz CT molecular complexity index is 412. The van der Waals surface area contributed by atoms with Crippen molar-refractivity contribution in [2.75, 3.05) is 6.61 Å². The molecule has 1 heterocycles. The molecule has 84 valence electrons. The maximum Gasteiger partial charge on any atom is 0.252 e. The van der Waals surface area contributed by atoms with E-state index in [-0.39, 0.29) is 18.1 Å². The Balaban J connectivity index is 1.78. The Hall–Kier alpha value is -1.35. The highest BCUT2D eigenvalue weighted by atomic mass is 16.6. The maximum atomic E-state index is 11.6. The quantitative estimate of drug-likeness (QED) is 0.764. The monoisotopic (exact) mass is 217 g/mol. The van der Waals surface area contributed by atoms with Gasteiger partial charge >= 0.3 is 0 Å². The first kappa shape index (κ1) is 9.85. The lowest BCUT2D eigenvalue weighted by Crippen LogP contribution is -2.33. The fourth-order valence-corrected chi connectivity index (χ4v) is 2.37. The van der Waals surface area contributed by atoms with Crippen molar-refractivity contribution < 1.29 is 9.53 Å². The first-order valence-electron chi connectivity index (χ1n) is 5.84. The van der Waals surface area contributed by atoms with Gasteiger partial charge in [-0.15, -0.1) is 0 Å². The zero-order valence-electron chi connectivity index (χ0n) is 9.11. The molecule has 1 aromatic carbocycles. The second kappa shape index (κ2) is 3.91. The van der Waals surface area contributed by atoms with Gasteiger partial charge in [-0.3, -0.25) is 4.79 Å². The van der Waals surface area contributed by atoms with Crippen LogP contribution in [0.4, 0.5) is 0 Å². The van der Waals surface area contributed by atoms with E-state index in [1.54, 1.807) is 0 Å². The summed E-state index contributed by atoms with van der Waals surface area (Å²) in [7, 11) is 0. The maximum absolute atomic E-state index is 11.6. The first-order chi connectivity index (χ1) is 7.84. The number of hydrogen-bond donors (Lipinski definition) is 1. The molecule has 2 atom stereocenters. The van der Waals surface area contributed by atoms with Crippen LogP contribution < -0.4 is 5.32 Å². The molecule has 0 radical (unpaired) electrons. The van der Waals surface area contributed by atoms with Gasteiger partial charge < -0.3 is 10.1 Å². The summed E-state index contributed by atoms with van der Waals surface area (Å²) in [5.74, 6) is 0.0432. The molecule has 3 nitrogen and oxygen atoms in total. The predicted octanol–water partition coefficient (Wildman–Crippen LogP) is 1.58. The third-order valence-electron chi connectivity index (χ3n) is 3.31. The minimum Gasteiger partial charge on any atom is -0.363 e. The van der Waals surface area contributed by atoms with E-state index in [2.05, 4.69) is 23.5 Å². The average Bonchev–Trinajstić information content (AvgIpc) is 3.13. The van der Waals surface area contributed by atoms with Crippen LogP contribution in [-0.4, -0.2) is 18.6 Å². The molecule has 16 heavy (non-hydrogen) atoms. The second-order valence-corrected chi connectivity index (χ2v) is 4.47. The van der Waals surface area contributed by atoms with Gasteiger partial charge in [0, 0.05) is 0 Å². The lowest BCUT2D eigenvalue weighted by Gasteiger charge is -2.26. The number of rotatable bonds is 2. The van der Waals surface area contributed by atoms with E-state index in [4.69, 9.17) is 4.74 Å². The van der Waals surface area contributed by atoms with Gasteiger partial charge in [0.25, 0.3) is 5.91 Å². The van der Waals surface area contributed by atoms with Crippen LogP contribution in [0, 0.1) is 0 Å². The minimum atomic E-state index is -0.186. The van der Waals surface area contributed by atoms with Crippen LogP contribution in [0.3, 0.4) is 0 Å². The molecule has 1 N–H and O–H groups in total. The lowest BCUT2D eigenvalue weighted by atomic mass is 9.88. The number of hydrogen-bond acceptors (Lipinski definition) is 2. The van der Waals surface area contributed by atoms with Crippen LogP contribution in [0.25, 0.3) is 0 Å². The molecule has 1 fully saturated rings. The number of carbonyl (C=O) groups is 1. The van der Waals surface area contributed by atoms with Gasteiger partial charge in [-0.05, 0) is 30.4 Å². The normalized spacial score (nSPS) is 27.0. The molecular formula is C13H15NO2. The van der Waals surface area contributed by atoms with Gasteiger partial charge in [-0.1, -0.05) is 24.3 Å². The van der Waals surface area contributed by atoms with Gasteiger partial charge in [0.1, 0.15) is 0 Å². The summed E-state index contributed by atoms with van der Waals surface area (Å²) in [5.41, 5.74) is 2.65. The molecular weight excluding hydrogens is 202 g/mol. The SMILES string of the molecule is O=C(NC1CCCc2ccccc21)C1CO1. The highest BCUT2D eigenvalue weighted by Crippen LogP contribution is 2.29. The van der Waals surface area contributed by atoms with Gasteiger partial charge in [0.2, 0.25) is 0 Å². The van der Waals surface area contributed by atoms with E-state index in [0.29, 0.717) is 6.61 Å². The Morgan fingerprint density at radius 2 is 2.19 bits per heavy atom. The topological polar surface area (TPSA) is 41.6 Å². The van der Waals surface area contributed by atoms with Crippen LogP contribution >= 0.6 is 0 Å². The van der Waals surface area contributed by atoms with Crippen molar-refractivity contribution in [2.24, 2.45) is 0 Å². The van der Waals surface area contributed by atoms with Crippen LogP contribution in [0.5, 0.6) is 0 Å². The third-order valence-corrected chi connectivity index (χ3v) is 3.31. The minimum absolute atomic E-state index is 0.0432. The van der Waals surface area contributed by atoms with Crippen molar-refractivity contribution in [3.8, 4) is 0 Å². The molecule has 3 rings (SSSR count). The van der Waals surface area contributed by atoms with E-state index >= 15 is 0 Å². The molecule has 2 unspecified atom stereocenters. The lowest BCUT2D eigenvalue weighted by molar-refractivity contribution is -0.123. The van der Waals surface area contributed by atoms with E-state index in [1.165, 1.54) is 11.1 Å². The van der Waals surface area contributed by atoms with Crippen molar-refractivity contribution in [3.63, 3.8) is 0 Å². The summed E-state index contributed by atoms with van der Waals surface area (Å²) in [6.45, 7) is 0.584. The molecule has 0 saturated carbocycles. The molecule has 1 amide bonds. The molecule has 1 aromatic rings. The van der Waals surface area contributed by atoms with Crippen molar-refractivity contribution in [3.05, 3.63) is 35.4 Å². The zero-order valence-corrected chi connectivity index (χ0v) is 9.11. The van der Waals surface area contributed by atoms with Crippen LogP contribution in [-0.2, 0) is 16.0 Å². The van der Waals surface area contributed by atoms with Crippen molar-refractivity contribution in [1.29, 1.82) is 0 Å². The first-order valence-corrected chi connectivity index (χ1v) is 5.84. The van der Waals surface area contributed by atoms with Crippen molar-refractivity contribution >= 4 is 5.91 Å². The molecule has 1 saturated heterocycles. The number of amides is 1. The summed E-state index contributed by atoms with van der Waals surface area (Å²) < 4.78 is 4.99. The Morgan fingerprint density at radius 3 is 3.00 bits per heavy atom. The third kappa shape index (κ3) is 1.83. The van der Waals surface area contributed by atoms with E-state index < -0.39 is 0 Å². The number of ether oxygens (including phenoxy) is 1. The molecule has 0 spiro atoms. The van der Waals surface area contributed by atoms with E-state index in [1.807, 2.05) is 6.07 Å². The molecule has 0 bridgehead atoms. The average molecular weight is 217 g/mol. The number of benzene rings is 1. The molecule has 0 aromatic heterocycles. The van der Waals surface area contributed by atoms with Gasteiger partial charge in [0.05, 0.1) is 12.6 Å². The summed E-state index contributed by atoms with van der Waals surface area (Å²) in [6.07, 6.45) is 3.12. The Labute approximate surface area is 94.8 Å². The van der Waals surface area contributed by atoms with Crippen LogP contribution in [0.1, 0.15) is 30.0 Å². The number of carbonyl (C=O) groups excluding carboxylic acids is 1. The summed E-state index contributed by atoms with van der Waals surface area (Å²) in [6, 6.07) is 8.56. The van der Waals surface area contributed by atoms with E-state index in [9.17, 15) is 4.79 Å². The van der Waals surface area contributed by atoms with Gasteiger partial charge in [-0.2, -0.15) is 0 Å². The molecule has 2 aliphatic rings. The summed E-state index contributed by atoms with van der Waals surface area (Å²) >= 11 is 0. The van der Waals surface area contributed by atoms with E-state index in [0.717, 1.165) is 19.3 Å². The number of aryl methyl sites for hydroxylation is 1. The second-order valence-electron chi connectivity index (χ2n) is 4.47. The predicted molar refractivity (Wildman–Crippen MR) is 60.0 cm³/mol. The molecule has 1 aliphatic carbocycles. The zero-order chi connectivity index (χ0) is 11.0. The summed E-state index contributed by atoms with van der Waals surface area (Å²) in [5, 5.41) is 3.07. The highest BCUT2D eigenvalue weighted by Gasteiger charge is 2.33. The fraction of sp³-hybridized carbons (Fsp3) is 0.462. The van der Waals surface area contributed by atoms with Crippen molar-refractivity contribution in [1.82, 2.24) is 5.32 Å². The summed E-state index contributed by atoms with van der Waals surface area (Å²) in [4.78, 5) is 11.6. The number of epoxide rings is 1.